The van der Waals surface area contributed by atoms with E-state index in [0.29, 0.717) is 9.79 Å². The maximum absolute atomic E-state index is 11.1. The van der Waals surface area contributed by atoms with Gasteiger partial charge in [0.2, 0.25) is 0 Å². The van der Waals surface area contributed by atoms with Crippen molar-refractivity contribution in [1.82, 2.24) is 0 Å². The van der Waals surface area contributed by atoms with Gasteiger partial charge in [0.1, 0.15) is 16.5 Å². The Kier molecular flexibility index (Phi) is 4.02. The van der Waals surface area contributed by atoms with Crippen LogP contribution in [0.3, 0.4) is 0 Å². The largest absolute Gasteiger partial charge is 0.477 e. The third-order valence-corrected chi connectivity index (χ3v) is 4.40. The summed E-state index contributed by atoms with van der Waals surface area (Å²) in [6.07, 6.45) is 0. The van der Waals surface area contributed by atoms with Gasteiger partial charge in [0.05, 0.1) is 9.82 Å². The molecule has 1 heterocycles. The van der Waals surface area contributed by atoms with Crippen molar-refractivity contribution in [2.24, 2.45) is 0 Å². The Hall–Kier alpha value is -2.37. The molecule has 6 nitrogen and oxygen atoms in total. The molecule has 1 aromatic heterocycles. The standard InChI is InChI=1S/C12H6N2O4S2/c13-5-7-2-1-3-9(11(7)14(17)18)20-8-4-10(12(15)16)19-6-8/h1-4,6H,(H,15,16). The number of aromatic carboxylic acids is 1. The molecule has 0 spiro atoms. The molecule has 0 radical (unpaired) electrons. The first-order valence-electron chi connectivity index (χ1n) is 5.20. The van der Waals surface area contributed by atoms with Crippen LogP contribution in [0.15, 0.2) is 39.4 Å². The molecule has 0 saturated carbocycles. The topological polar surface area (TPSA) is 104 Å². The van der Waals surface area contributed by atoms with E-state index in [4.69, 9.17) is 10.4 Å². The second-order valence-corrected chi connectivity index (χ2v) is 5.60. The molecule has 1 N–H and O–H groups in total. The quantitative estimate of drug-likeness (QED) is 0.686. The number of carboxylic acid groups (broad SMARTS) is 1. The van der Waals surface area contributed by atoms with E-state index in [2.05, 4.69) is 0 Å². The number of thiophene rings is 1. The molecule has 2 aromatic rings. The SMILES string of the molecule is N#Cc1cccc(Sc2csc(C(=O)O)c2)c1[N+](=O)[O-]. The van der Waals surface area contributed by atoms with Gasteiger partial charge in [0.25, 0.3) is 0 Å². The highest BCUT2D eigenvalue weighted by atomic mass is 32.2. The maximum Gasteiger partial charge on any atom is 0.345 e. The summed E-state index contributed by atoms with van der Waals surface area (Å²) in [5.41, 5.74) is -0.281. The summed E-state index contributed by atoms with van der Waals surface area (Å²) < 4.78 is 0. The minimum Gasteiger partial charge on any atom is -0.477 e. The van der Waals surface area contributed by atoms with Crippen LogP contribution in [0.1, 0.15) is 15.2 Å². The van der Waals surface area contributed by atoms with Crippen LogP contribution < -0.4 is 0 Å². The fourth-order valence-electron chi connectivity index (χ4n) is 1.49. The summed E-state index contributed by atoms with van der Waals surface area (Å²) in [7, 11) is 0. The molecule has 0 atom stereocenters. The van der Waals surface area contributed by atoms with Crippen molar-refractivity contribution in [2.45, 2.75) is 9.79 Å². The third-order valence-electron chi connectivity index (χ3n) is 2.32. The second kappa shape index (κ2) is 5.73. The first-order valence-corrected chi connectivity index (χ1v) is 6.89. The van der Waals surface area contributed by atoms with Gasteiger partial charge in [-0.1, -0.05) is 17.8 Å². The number of hydrogen-bond acceptors (Lipinski definition) is 6. The molecule has 0 aliphatic rings. The fraction of sp³-hybridized carbons (Fsp3) is 0. The van der Waals surface area contributed by atoms with E-state index < -0.39 is 10.9 Å². The van der Waals surface area contributed by atoms with Gasteiger partial charge in [0, 0.05) is 10.3 Å². The van der Waals surface area contributed by atoms with Gasteiger partial charge in [-0.2, -0.15) is 5.26 Å². The van der Waals surface area contributed by atoms with Crippen LogP contribution >= 0.6 is 23.1 Å². The zero-order chi connectivity index (χ0) is 14.7. The molecule has 8 heteroatoms. The van der Waals surface area contributed by atoms with Crippen molar-refractivity contribution in [3.8, 4) is 6.07 Å². The molecule has 20 heavy (non-hydrogen) atoms. The number of hydrogen-bond donors (Lipinski definition) is 1. The molecule has 0 fully saturated rings. The number of nitro groups is 1. The average molecular weight is 306 g/mol. The first kappa shape index (κ1) is 14.0. The number of para-hydroxylation sites is 1. The van der Waals surface area contributed by atoms with Gasteiger partial charge >= 0.3 is 11.7 Å². The van der Waals surface area contributed by atoms with Crippen LogP contribution in [-0.2, 0) is 0 Å². The molecule has 0 aliphatic heterocycles. The van der Waals surface area contributed by atoms with E-state index in [1.165, 1.54) is 18.2 Å². The summed E-state index contributed by atoms with van der Waals surface area (Å²) in [6, 6.07) is 7.68. The smallest absolute Gasteiger partial charge is 0.345 e. The lowest BCUT2D eigenvalue weighted by molar-refractivity contribution is -0.388. The molecule has 0 amide bonds. The first-order chi connectivity index (χ1) is 9.52. The van der Waals surface area contributed by atoms with Crippen molar-refractivity contribution >= 4 is 34.8 Å². The van der Waals surface area contributed by atoms with Crippen LogP contribution in [-0.4, -0.2) is 16.0 Å². The molecule has 0 bridgehead atoms. The number of nitrogens with zero attached hydrogens (tertiary/aromatic N) is 2. The summed E-state index contributed by atoms with van der Waals surface area (Å²) in [4.78, 5) is 22.3. The number of carbonyl (C=O) groups is 1. The van der Waals surface area contributed by atoms with Crippen molar-refractivity contribution in [3.05, 3.63) is 50.2 Å². The van der Waals surface area contributed by atoms with E-state index >= 15 is 0 Å². The highest BCUT2D eigenvalue weighted by Gasteiger charge is 2.21. The Morgan fingerprint density at radius 3 is 2.80 bits per heavy atom. The van der Waals surface area contributed by atoms with Crippen LogP contribution in [0.5, 0.6) is 0 Å². The van der Waals surface area contributed by atoms with Crippen LogP contribution in [0.4, 0.5) is 5.69 Å². The lowest BCUT2D eigenvalue weighted by Crippen LogP contribution is -1.94. The Morgan fingerprint density at radius 1 is 1.50 bits per heavy atom. The van der Waals surface area contributed by atoms with E-state index in [9.17, 15) is 14.9 Å². The van der Waals surface area contributed by atoms with Gasteiger partial charge in [-0.3, -0.25) is 10.1 Å². The molecular formula is C12H6N2O4S2. The van der Waals surface area contributed by atoms with Crippen LogP contribution in [0.2, 0.25) is 0 Å². The monoisotopic (exact) mass is 306 g/mol. The number of rotatable bonds is 4. The summed E-state index contributed by atoms with van der Waals surface area (Å²) >= 11 is 2.11. The second-order valence-electron chi connectivity index (χ2n) is 3.58. The Labute approximate surface area is 121 Å². The van der Waals surface area contributed by atoms with Crippen molar-refractivity contribution < 1.29 is 14.8 Å². The zero-order valence-electron chi connectivity index (χ0n) is 9.77. The van der Waals surface area contributed by atoms with E-state index in [1.807, 2.05) is 0 Å². The maximum atomic E-state index is 11.1. The zero-order valence-corrected chi connectivity index (χ0v) is 11.4. The number of nitro benzene ring substituents is 1. The summed E-state index contributed by atoms with van der Waals surface area (Å²) in [5, 5.41) is 30.4. The minimum absolute atomic E-state index is 0.0197. The van der Waals surface area contributed by atoms with E-state index in [0.717, 1.165) is 23.1 Å². The lowest BCUT2D eigenvalue weighted by Gasteiger charge is -2.02. The third kappa shape index (κ3) is 2.79. The van der Waals surface area contributed by atoms with Gasteiger partial charge in [-0.05, 0) is 18.2 Å². The molecule has 0 unspecified atom stereocenters. The van der Waals surface area contributed by atoms with Crippen LogP contribution in [0.25, 0.3) is 0 Å². The number of nitriles is 1. The molecule has 1 aromatic carbocycles. The fourth-order valence-corrected chi connectivity index (χ4v) is 3.37. The highest BCUT2D eigenvalue weighted by molar-refractivity contribution is 7.99. The minimum atomic E-state index is -1.04. The highest BCUT2D eigenvalue weighted by Crippen LogP contribution is 2.38. The van der Waals surface area contributed by atoms with Crippen LogP contribution in [0, 0.1) is 21.4 Å². The Balaban J connectivity index is 2.40. The summed E-state index contributed by atoms with van der Waals surface area (Å²) in [5.74, 6) is -1.04. The molecule has 0 saturated heterocycles. The van der Waals surface area contributed by atoms with Crippen molar-refractivity contribution in [2.75, 3.05) is 0 Å². The average Bonchev–Trinajstić information content (AvgIpc) is 2.86. The predicted molar refractivity (Wildman–Crippen MR) is 73.2 cm³/mol. The lowest BCUT2D eigenvalue weighted by atomic mass is 10.2. The number of benzene rings is 1. The van der Waals surface area contributed by atoms with Gasteiger partial charge in [-0.15, -0.1) is 11.3 Å². The number of carboxylic acids is 1. The Morgan fingerprint density at radius 2 is 2.25 bits per heavy atom. The van der Waals surface area contributed by atoms with E-state index in [1.54, 1.807) is 17.5 Å². The van der Waals surface area contributed by atoms with Gasteiger partial charge in [-0.25, -0.2) is 4.79 Å². The molecule has 100 valence electrons. The van der Waals surface area contributed by atoms with Crippen molar-refractivity contribution in [1.29, 1.82) is 5.26 Å². The normalized spacial score (nSPS) is 9.95. The molecule has 2 rings (SSSR count). The summed E-state index contributed by atoms with van der Waals surface area (Å²) in [6.45, 7) is 0. The Bertz CT molecular complexity index is 733. The van der Waals surface area contributed by atoms with Gasteiger partial charge in [0.15, 0.2) is 0 Å². The van der Waals surface area contributed by atoms with Gasteiger partial charge < -0.3 is 5.11 Å². The van der Waals surface area contributed by atoms with Crippen molar-refractivity contribution in [3.63, 3.8) is 0 Å². The molecule has 0 aliphatic carbocycles. The van der Waals surface area contributed by atoms with E-state index in [-0.39, 0.29) is 16.1 Å². The molecular weight excluding hydrogens is 300 g/mol. The predicted octanol–water partition coefficient (Wildman–Crippen LogP) is 3.38.